The smallest absolute Gasteiger partial charge is 0.339 e. The number of ether oxygens (including phenoxy) is 2. The Labute approximate surface area is 171 Å². The molecule has 0 aliphatic heterocycles. The molecular formula is C20H19N5O5. The molecule has 30 heavy (non-hydrogen) atoms. The third-order valence-corrected chi connectivity index (χ3v) is 4.26. The lowest BCUT2D eigenvalue weighted by Gasteiger charge is -2.12. The van der Waals surface area contributed by atoms with Gasteiger partial charge in [-0.25, -0.2) is 14.3 Å². The van der Waals surface area contributed by atoms with Crippen molar-refractivity contribution in [1.82, 2.24) is 20.2 Å². The third-order valence-electron chi connectivity index (χ3n) is 4.26. The molecule has 0 fully saturated rings. The van der Waals surface area contributed by atoms with Gasteiger partial charge in [0.15, 0.2) is 5.82 Å². The number of hydrogen-bond acceptors (Lipinski definition) is 8. The molecule has 0 aliphatic rings. The maximum Gasteiger partial charge on any atom is 0.339 e. The average molecular weight is 409 g/mol. The van der Waals surface area contributed by atoms with Crippen LogP contribution in [-0.4, -0.2) is 52.3 Å². The molecule has 154 valence electrons. The number of tetrazole rings is 1. The van der Waals surface area contributed by atoms with Gasteiger partial charge in [-0.3, -0.25) is 4.79 Å². The molecular weight excluding hydrogens is 390 g/mol. The molecule has 10 nitrogen and oxygen atoms in total. The molecule has 0 radical (unpaired) electrons. The Morgan fingerprint density at radius 1 is 1.00 bits per heavy atom. The first-order chi connectivity index (χ1) is 14.4. The Balaban J connectivity index is 1.84. The number of carbonyl (C=O) groups is 3. The average Bonchev–Trinajstić information content (AvgIpc) is 3.20. The van der Waals surface area contributed by atoms with Crippen molar-refractivity contribution < 1.29 is 23.9 Å². The van der Waals surface area contributed by atoms with Gasteiger partial charge in [0.2, 0.25) is 5.91 Å². The van der Waals surface area contributed by atoms with E-state index in [1.807, 2.05) is 31.2 Å². The van der Waals surface area contributed by atoms with Gasteiger partial charge in [0.25, 0.3) is 0 Å². The van der Waals surface area contributed by atoms with Crippen LogP contribution in [0.1, 0.15) is 26.3 Å². The summed E-state index contributed by atoms with van der Waals surface area (Å²) in [7, 11) is 2.45. The summed E-state index contributed by atoms with van der Waals surface area (Å²) < 4.78 is 10.8. The van der Waals surface area contributed by atoms with E-state index in [0.717, 1.165) is 11.1 Å². The standard InChI is InChI=1S/C20H19N5O5/c1-12-4-6-13(7-5-12)18-22-23-24-25(18)11-17(26)21-16-10-14(19(27)29-2)8-9-15(16)20(28)30-3/h4-10H,11H2,1-3H3,(H,21,26). The highest BCUT2D eigenvalue weighted by molar-refractivity contribution is 6.03. The number of anilines is 1. The van der Waals surface area contributed by atoms with Gasteiger partial charge in [0, 0.05) is 5.56 Å². The molecule has 0 unspecified atom stereocenters. The van der Waals surface area contributed by atoms with Crippen molar-refractivity contribution in [2.24, 2.45) is 0 Å². The topological polar surface area (TPSA) is 125 Å². The Morgan fingerprint density at radius 2 is 1.70 bits per heavy atom. The summed E-state index contributed by atoms with van der Waals surface area (Å²) in [5.41, 5.74) is 2.20. The summed E-state index contributed by atoms with van der Waals surface area (Å²) in [6.07, 6.45) is 0. The molecule has 1 N–H and O–H groups in total. The molecule has 1 heterocycles. The molecule has 1 amide bonds. The monoisotopic (exact) mass is 409 g/mol. The zero-order valence-corrected chi connectivity index (χ0v) is 16.6. The zero-order chi connectivity index (χ0) is 21.7. The molecule has 0 saturated carbocycles. The van der Waals surface area contributed by atoms with E-state index >= 15 is 0 Å². The SMILES string of the molecule is COC(=O)c1ccc(C(=O)OC)c(NC(=O)Cn2nnnc2-c2ccc(C)cc2)c1. The van der Waals surface area contributed by atoms with Crippen molar-refractivity contribution in [3.05, 3.63) is 59.2 Å². The molecule has 2 aromatic carbocycles. The lowest BCUT2D eigenvalue weighted by atomic mass is 10.1. The first kappa shape index (κ1) is 20.6. The Morgan fingerprint density at radius 3 is 2.37 bits per heavy atom. The highest BCUT2D eigenvalue weighted by atomic mass is 16.5. The summed E-state index contributed by atoms with van der Waals surface area (Å²) in [6.45, 7) is 1.75. The van der Waals surface area contributed by atoms with Gasteiger partial charge in [0.05, 0.1) is 31.0 Å². The normalized spacial score (nSPS) is 10.4. The molecule has 3 aromatic rings. The lowest BCUT2D eigenvalue weighted by molar-refractivity contribution is -0.116. The van der Waals surface area contributed by atoms with E-state index in [1.165, 1.54) is 37.1 Å². The maximum atomic E-state index is 12.6. The van der Waals surface area contributed by atoms with Crippen LogP contribution in [0.15, 0.2) is 42.5 Å². The largest absolute Gasteiger partial charge is 0.465 e. The minimum atomic E-state index is -0.663. The lowest BCUT2D eigenvalue weighted by Crippen LogP contribution is -2.22. The number of nitrogens with one attached hydrogen (secondary N) is 1. The van der Waals surface area contributed by atoms with Gasteiger partial charge in [-0.15, -0.1) is 5.10 Å². The Kier molecular flexibility index (Phi) is 6.16. The van der Waals surface area contributed by atoms with Gasteiger partial charge >= 0.3 is 11.9 Å². The summed E-state index contributed by atoms with van der Waals surface area (Å²) in [6, 6.07) is 11.7. The van der Waals surface area contributed by atoms with Crippen LogP contribution in [0.4, 0.5) is 5.69 Å². The number of carbonyl (C=O) groups excluding carboxylic acids is 3. The number of amides is 1. The maximum absolute atomic E-state index is 12.6. The number of nitrogens with zero attached hydrogens (tertiary/aromatic N) is 4. The number of esters is 2. The minimum absolute atomic E-state index is 0.0916. The first-order valence-electron chi connectivity index (χ1n) is 8.86. The molecule has 1 aromatic heterocycles. The zero-order valence-electron chi connectivity index (χ0n) is 16.6. The van der Waals surface area contributed by atoms with Crippen molar-refractivity contribution in [3.8, 4) is 11.4 Å². The van der Waals surface area contributed by atoms with Crippen molar-refractivity contribution in [3.63, 3.8) is 0 Å². The van der Waals surface area contributed by atoms with Crippen LogP contribution < -0.4 is 5.32 Å². The molecule has 0 spiro atoms. The van der Waals surface area contributed by atoms with Crippen LogP contribution in [-0.2, 0) is 20.8 Å². The molecule has 10 heteroatoms. The van der Waals surface area contributed by atoms with Gasteiger partial charge in [-0.05, 0) is 35.5 Å². The van der Waals surface area contributed by atoms with Crippen LogP contribution in [0.25, 0.3) is 11.4 Å². The van der Waals surface area contributed by atoms with E-state index in [9.17, 15) is 14.4 Å². The van der Waals surface area contributed by atoms with E-state index in [1.54, 1.807) is 0 Å². The van der Waals surface area contributed by atoms with E-state index in [4.69, 9.17) is 4.74 Å². The third kappa shape index (κ3) is 4.49. The fourth-order valence-corrected chi connectivity index (χ4v) is 2.73. The Bertz CT molecular complexity index is 1090. The number of aryl methyl sites for hydroxylation is 1. The molecule has 0 saturated heterocycles. The predicted octanol–water partition coefficient (Wildman–Crippen LogP) is 1.86. The van der Waals surface area contributed by atoms with Gasteiger partial charge in [-0.1, -0.05) is 29.8 Å². The van der Waals surface area contributed by atoms with E-state index in [0.29, 0.717) is 5.82 Å². The second-order valence-corrected chi connectivity index (χ2v) is 6.32. The first-order valence-corrected chi connectivity index (χ1v) is 8.86. The van der Waals surface area contributed by atoms with Crippen LogP contribution in [0.5, 0.6) is 0 Å². The quantitative estimate of drug-likeness (QED) is 0.612. The number of aromatic nitrogens is 4. The molecule has 0 aliphatic carbocycles. The fraction of sp³-hybridized carbons (Fsp3) is 0.200. The summed E-state index contributed by atoms with van der Waals surface area (Å²) in [4.78, 5) is 36.5. The van der Waals surface area contributed by atoms with Gasteiger partial charge in [-0.2, -0.15) is 0 Å². The van der Waals surface area contributed by atoms with Crippen molar-refractivity contribution in [2.45, 2.75) is 13.5 Å². The number of hydrogen-bond donors (Lipinski definition) is 1. The minimum Gasteiger partial charge on any atom is -0.465 e. The van der Waals surface area contributed by atoms with Crippen molar-refractivity contribution >= 4 is 23.5 Å². The second-order valence-electron chi connectivity index (χ2n) is 6.32. The predicted molar refractivity (Wildman–Crippen MR) is 106 cm³/mol. The highest BCUT2D eigenvalue weighted by Gasteiger charge is 2.19. The Hall–Kier alpha value is -4.08. The van der Waals surface area contributed by atoms with Crippen LogP contribution in [0.2, 0.25) is 0 Å². The van der Waals surface area contributed by atoms with Crippen molar-refractivity contribution in [1.29, 1.82) is 0 Å². The van der Waals surface area contributed by atoms with Gasteiger partial charge < -0.3 is 14.8 Å². The second kappa shape index (κ2) is 8.95. The summed E-state index contributed by atoms with van der Waals surface area (Å²) in [5, 5.41) is 14.1. The highest BCUT2D eigenvalue weighted by Crippen LogP contribution is 2.21. The number of benzene rings is 2. The number of methoxy groups -OCH3 is 2. The fourth-order valence-electron chi connectivity index (χ4n) is 2.73. The van der Waals surface area contributed by atoms with Crippen LogP contribution in [0.3, 0.4) is 0 Å². The van der Waals surface area contributed by atoms with Crippen LogP contribution in [0, 0.1) is 6.92 Å². The summed E-state index contributed by atoms with van der Waals surface area (Å²) in [5.74, 6) is -1.35. The van der Waals surface area contributed by atoms with Crippen molar-refractivity contribution in [2.75, 3.05) is 19.5 Å². The molecule has 0 atom stereocenters. The molecule has 0 bridgehead atoms. The van der Waals surface area contributed by atoms with Gasteiger partial charge in [0.1, 0.15) is 6.54 Å². The molecule has 3 rings (SSSR count). The van der Waals surface area contributed by atoms with Crippen LogP contribution >= 0.6 is 0 Å². The van der Waals surface area contributed by atoms with E-state index < -0.39 is 17.8 Å². The summed E-state index contributed by atoms with van der Waals surface area (Å²) >= 11 is 0. The number of rotatable bonds is 6. The van der Waals surface area contributed by atoms with E-state index in [2.05, 4.69) is 25.6 Å². The van der Waals surface area contributed by atoms with E-state index in [-0.39, 0.29) is 23.4 Å².